The Kier molecular flexibility index (Phi) is 7.47. The zero-order valence-corrected chi connectivity index (χ0v) is 16.2. The first-order chi connectivity index (χ1) is 14.2. The van der Waals surface area contributed by atoms with Crippen molar-refractivity contribution in [3.05, 3.63) is 82.9 Å². The molecule has 3 rings (SSSR count). The van der Waals surface area contributed by atoms with E-state index in [1.807, 2.05) is 48.5 Å². The number of ketones is 1. The Labute approximate surface area is 170 Å². The van der Waals surface area contributed by atoms with E-state index >= 15 is 0 Å². The fourth-order valence-electron chi connectivity index (χ4n) is 3.25. The van der Waals surface area contributed by atoms with Gasteiger partial charge in [-0.15, -0.1) is 0 Å². The van der Waals surface area contributed by atoms with Crippen LogP contribution in [0.2, 0.25) is 0 Å². The molecule has 0 saturated carbocycles. The SMILES string of the molecule is O=C(/C=C/c1cccc(/C=C/C(=O)c2ccccc2CN2CCNCC2)c1)NO. The van der Waals surface area contributed by atoms with Crippen LogP contribution in [0.3, 0.4) is 0 Å². The molecule has 1 amide bonds. The molecule has 0 atom stereocenters. The Hall–Kier alpha value is -3.06. The van der Waals surface area contributed by atoms with Gasteiger partial charge in [-0.1, -0.05) is 48.5 Å². The second kappa shape index (κ2) is 10.5. The summed E-state index contributed by atoms with van der Waals surface area (Å²) in [6.45, 7) is 4.67. The summed E-state index contributed by atoms with van der Waals surface area (Å²) in [4.78, 5) is 26.3. The van der Waals surface area contributed by atoms with Crippen LogP contribution in [-0.4, -0.2) is 48.0 Å². The number of carbonyl (C=O) groups is 2. The smallest absolute Gasteiger partial charge is 0.267 e. The number of allylic oxidation sites excluding steroid dienone is 1. The molecule has 0 bridgehead atoms. The minimum atomic E-state index is -0.595. The van der Waals surface area contributed by atoms with E-state index in [0.29, 0.717) is 0 Å². The summed E-state index contributed by atoms with van der Waals surface area (Å²) in [7, 11) is 0. The number of nitrogens with one attached hydrogen (secondary N) is 2. The molecule has 1 fully saturated rings. The summed E-state index contributed by atoms with van der Waals surface area (Å²) >= 11 is 0. The summed E-state index contributed by atoms with van der Waals surface area (Å²) in [5.74, 6) is -0.626. The number of nitrogens with zero attached hydrogens (tertiary/aromatic N) is 1. The molecule has 1 saturated heterocycles. The monoisotopic (exact) mass is 391 g/mol. The van der Waals surface area contributed by atoms with Crippen LogP contribution in [0.25, 0.3) is 12.2 Å². The van der Waals surface area contributed by atoms with Crippen molar-refractivity contribution >= 4 is 23.8 Å². The minimum absolute atomic E-state index is 0.0312. The second-order valence-corrected chi connectivity index (χ2v) is 6.86. The molecule has 6 nitrogen and oxygen atoms in total. The maximum atomic E-state index is 12.8. The zero-order chi connectivity index (χ0) is 20.5. The number of hydrogen-bond acceptors (Lipinski definition) is 5. The van der Waals surface area contributed by atoms with E-state index < -0.39 is 5.91 Å². The maximum Gasteiger partial charge on any atom is 0.267 e. The van der Waals surface area contributed by atoms with Crippen LogP contribution in [0.15, 0.2) is 60.7 Å². The van der Waals surface area contributed by atoms with Gasteiger partial charge in [0.2, 0.25) is 0 Å². The molecule has 0 spiro atoms. The van der Waals surface area contributed by atoms with E-state index in [4.69, 9.17) is 5.21 Å². The Balaban J connectivity index is 1.71. The Morgan fingerprint density at radius 2 is 1.69 bits per heavy atom. The van der Waals surface area contributed by atoms with Crippen molar-refractivity contribution in [3.63, 3.8) is 0 Å². The quantitative estimate of drug-likeness (QED) is 0.292. The maximum absolute atomic E-state index is 12.8. The lowest BCUT2D eigenvalue weighted by atomic mass is 10.0. The van der Waals surface area contributed by atoms with E-state index in [1.54, 1.807) is 23.7 Å². The van der Waals surface area contributed by atoms with E-state index in [0.717, 1.165) is 55.0 Å². The van der Waals surface area contributed by atoms with Crippen molar-refractivity contribution in [2.24, 2.45) is 0 Å². The lowest BCUT2D eigenvalue weighted by Gasteiger charge is -2.27. The van der Waals surface area contributed by atoms with Crippen molar-refractivity contribution in [1.29, 1.82) is 0 Å². The number of benzene rings is 2. The van der Waals surface area contributed by atoms with Gasteiger partial charge in [0.1, 0.15) is 0 Å². The van der Waals surface area contributed by atoms with Gasteiger partial charge in [-0.3, -0.25) is 19.7 Å². The topological polar surface area (TPSA) is 81.7 Å². The molecule has 2 aromatic carbocycles. The standard InChI is InChI=1S/C23H25N3O3/c27-22(10-8-18-4-3-5-19(16-18)9-11-23(28)25-29)21-7-2-1-6-20(21)17-26-14-12-24-13-15-26/h1-11,16,24,29H,12-15,17H2,(H,25,28)/b10-8+,11-9+. The molecule has 29 heavy (non-hydrogen) atoms. The van der Waals surface area contributed by atoms with Crippen molar-refractivity contribution in [3.8, 4) is 0 Å². The molecule has 0 unspecified atom stereocenters. The van der Waals surface area contributed by atoms with E-state index in [9.17, 15) is 9.59 Å². The normalized spacial score (nSPS) is 15.1. The van der Waals surface area contributed by atoms with Gasteiger partial charge in [-0.05, 0) is 34.9 Å². The third kappa shape index (κ3) is 6.22. The highest BCUT2D eigenvalue weighted by atomic mass is 16.5. The molecule has 150 valence electrons. The lowest BCUT2D eigenvalue weighted by molar-refractivity contribution is -0.124. The van der Waals surface area contributed by atoms with Gasteiger partial charge in [0.05, 0.1) is 0 Å². The van der Waals surface area contributed by atoms with Crippen LogP contribution < -0.4 is 10.8 Å². The van der Waals surface area contributed by atoms with Gasteiger partial charge in [-0.2, -0.15) is 0 Å². The molecule has 1 aliphatic rings. The molecule has 0 radical (unpaired) electrons. The van der Waals surface area contributed by atoms with E-state index in [1.165, 1.54) is 6.08 Å². The summed E-state index contributed by atoms with van der Waals surface area (Å²) in [5.41, 5.74) is 4.95. The third-order valence-corrected chi connectivity index (χ3v) is 4.76. The third-order valence-electron chi connectivity index (χ3n) is 4.76. The van der Waals surface area contributed by atoms with Crippen LogP contribution in [0.5, 0.6) is 0 Å². The van der Waals surface area contributed by atoms with Crippen molar-refractivity contribution < 1.29 is 14.8 Å². The number of carbonyl (C=O) groups excluding carboxylic acids is 2. The van der Waals surface area contributed by atoms with Crippen molar-refractivity contribution in [2.75, 3.05) is 26.2 Å². The van der Waals surface area contributed by atoms with Crippen LogP contribution in [0.4, 0.5) is 0 Å². The zero-order valence-electron chi connectivity index (χ0n) is 16.2. The van der Waals surface area contributed by atoms with Gasteiger partial charge in [-0.25, -0.2) is 5.48 Å². The van der Waals surface area contributed by atoms with Gasteiger partial charge in [0.25, 0.3) is 5.91 Å². The Bertz CT molecular complexity index is 915. The molecular weight excluding hydrogens is 366 g/mol. The molecule has 1 aliphatic heterocycles. The number of piperazine rings is 1. The van der Waals surface area contributed by atoms with E-state index in [2.05, 4.69) is 10.2 Å². The second-order valence-electron chi connectivity index (χ2n) is 6.86. The van der Waals surface area contributed by atoms with Crippen LogP contribution in [0, 0.1) is 0 Å². The molecule has 3 N–H and O–H groups in total. The number of rotatable bonds is 7. The van der Waals surface area contributed by atoms with Crippen molar-refractivity contribution in [1.82, 2.24) is 15.7 Å². The van der Waals surface area contributed by atoms with Crippen LogP contribution in [0.1, 0.15) is 27.0 Å². The first kappa shape index (κ1) is 20.7. The van der Waals surface area contributed by atoms with E-state index in [-0.39, 0.29) is 5.78 Å². The fraction of sp³-hybridized carbons (Fsp3) is 0.217. The number of hydroxylamine groups is 1. The van der Waals surface area contributed by atoms with Gasteiger partial charge in [0, 0.05) is 44.4 Å². The van der Waals surface area contributed by atoms with Gasteiger partial charge < -0.3 is 5.32 Å². The highest BCUT2D eigenvalue weighted by molar-refractivity contribution is 6.07. The lowest BCUT2D eigenvalue weighted by Crippen LogP contribution is -2.43. The minimum Gasteiger partial charge on any atom is -0.314 e. The molecule has 0 aromatic heterocycles. The average molecular weight is 391 g/mol. The Morgan fingerprint density at radius 1 is 1.00 bits per heavy atom. The first-order valence-electron chi connectivity index (χ1n) is 9.61. The number of amides is 1. The van der Waals surface area contributed by atoms with Crippen molar-refractivity contribution in [2.45, 2.75) is 6.54 Å². The summed E-state index contributed by atoms with van der Waals surface area (Å²) in [6, 6.07) is 15.2. The predicted octanol–water partition coefficient (Wildman–Crippen LogP) is 2.51. The predicted molar refractivity (Wildman–Crippen MR) is 113 cm³/mol. The number of hydrogen-bond donors (Lipinski definition) is 3. The largest absolute Gasteiger partial charge is 0.314 e. The summed E-state index contributed by atoms with van der Waals surface area (Å²) < 4.78 is 0. The highest BCUT2D eigenvalue weighted by Gasteiger charge is 2.14. The van der Waals surface area contributed by atoms with Crippen LogP contribution in [-0.2, 0) is 11.3 Å². The molecule has 0 aliphatic carbocycles. The van der Waals surface area contributed by atoms with Gasteiger partial charge >= 0.3 is 0 Å². The summed E-state index contributed by atoms with van der Waals surface area (Å²) in [5, 5.41) is 11.9. The summed E-state index contributed by atoms with van der Waals surface area (Å²) in [6.07, 6.45) is 6.18. The molecule has 6 heteroatoms. The fourth-order valence-corrected chi connectivity index (χ4v) is 3.25. The first-order valence-corrected chi connectivity index (χ1v) is 9.61. The van der Waals surface area contributed by atoms with Crippen LogP contribution >= 0.6 is 0 Å². The highest BCUT2D eigenvalue weighted by Crippen LogP contribution is 2.15. The molecular formula is C23H25N3O3. The molecule has 1 heterocycles. The average Bonchev–Trinajstić information content (AvgIpc) is 2.77. The Morgan fingerprint density at radius 3 is 2.41 bits per heavy atom. The molecule has 2 aromatic rings. The van der Waals surface area contributed by atoms with Gasteiger partial charge in [0.15, 0.2) is 5.78 Å².